The van der Waals surface area contributed by atoms with Gasteiger partial charge in [-0.2, -0.15) is 0 Å². The van der Waals surface area contributed by atoms with Gasteiger partial charge in [0.2, 0.25) is 0 Å². The van der Waals surface area contributed by atoms with Crippen LogP contribution in [-0.4, -0.2) is 10.9 Å². The second-order valence-electron chi connectivity index (χ2n) is 4.27. The van der Waals surface area contributed by atoms with E-state index in [1.165, 1.54) is 0 Å². The van der Waals surface area contributed by atoms with E-state index in [4.69, 9.17) is 5.53 Å². The smallest absolute Gasteiger partial charge is 0.0998 e. The quantitative estimate of drug-likeness (QED) is 0.342. The predicted octanol–water partition coefficient (Wildman–Crippen LogP) is 3.94. The van der Waals surface area contributed by atoms with Gasteiger partial charge >= 0.3 is 0 Å². The molecule has 0 fully saturated rings. The van der Waals surface area contributed by atoms with Crippen molar-refractivity contribution in [3.05, 3.63) is 52.2 Å². The highest BCUT2D eigenvalue weighted by molar-refractivity contribution is 5.57. The zero-order chi connectivity index (χ0) is 13.5. The first-order chi connectivity index (χ1) is 9.36. The minimum absolute atomic E-state index is 0.468. The molecule has 0 saturated carbocycles. The van der Waals surface area contributed by atoms with E-state index in [0.29, 0.717) is 6.54 Å². The average Bonchev–Trinajstić information content (AvgIpc) is 2.78. The Morgan fingerprint density at radius 2 is 2.32 bits per heavy atom. The number of aromatic nitrogens is 1. The van der Waals surface area contributed by atoms with E-state index in [1.54, 1.807) is 0 Å². The first kappa shape index (κ1) is 13.1. The molecular formula is C15H16N4. The number of nitrogens with zero attached hydrogens (tertiary/aromatic N) is 4. The van der Waals surface area contributed by atoms with Crippen molar-refractivity contribution in [2.24, 2.45) is 5.11 Å². The molecule has 96 valence electrons. The highest BCUT2D eigenvalue weighted by Gasteiger charge is 2.06. The van der Waals surface area contributed by atoms with Gasteiger partial charge in [-0.1, -0.05) is 24.0 Å². The summed E-state index contributed by atoms with van der Waals surface area (Å²) in [5.74, 6) is 6.43. The van der Waals surface area contributed by atoms with Crippen molar-refractivity contribution >= 4 is 5.52 Å². The van der Waals surface area contributed by atoms with Gasteiger partial charge in [-0.25, -0.2) is 0 Å². The highest BCUT2D eigenvalue weighted by Crippen LogP contribution is 2.16. The maximum absolute atomic E-state index is 8.35. The molecule has 2 aromatic rings. The predicted molar refractivity (Wildman–Crippen MR) is 76.9 cm³/mol. The van der Waals surface area contributed by atoms with Gasteiger partial charge in [0.15, 0.2) is 0 Å². The standard InChI is InChI=1S/C15H16N4/c1-2-3-4-8-15-13(9-10-17-18-16)12-14-7-5-6-11-19(14)15/h5-7,11-12H,2-3,9-10H2,1H3. The summed E-state index contributed by atoms with van der Waals surface area (Å²) in [7, 11) is 0. The molecule has 0 aliphatic heterocycles. The fourth-order valence-corrected chi connectivity index (χ4v) is 2.00. The van der Waals surface area contributed by atoms with Crippen molar-refractivity contribution in [3.8, 4) is 11.8 Å². The summed E-state index contributed by atoms with van der Waals surface area (Å²) in [5.41, 5.74) is 11.6. The molecular weight excluding hydrogens is 236 g/mol. The molecule has 0 radical (unpaired) electrons. The number of rotatable bonds is 4. The zero-order valence-corrected chi connectivity index (χ0v) is 11.0. The monoisotopic (exact) mass is 252 g/mol. The zero-order valence-electron chi connectivity index (χ0n) is 11.0. The lowest BCUT2D eigenvalue weighted by molar-refractivity contribution is 0.947. The summed E-state index contributed by atoms with van der Waals surface area (Å²) in [5, 5.41) is 3.60. The molecule has 0 saturated heterocycles. The van der Waals surface area contributed by atoms with Crippen LogP contribution in [0.15, 0.2) is 35.6 Å². The summed E-state index contributed by atoms with van der Waals surface area (Å²) in [4.78, 5) is 2.79. The van der Waals surface area contributed by atoms with E-state index in [0.717, 1.165) is 36.0 Å². The van der Waals surface area contributed by atoms with Crippen LogP contribution in [0.25, 0.3) is 16.0 Å². The Kier molecular flexibility index (Phi) is 4.49. The summed E-state index contributed by atoms with van der Waals surface area (Å²) in [6.07, 6.45) is 4.70. The van der Waals surface area contributed by atoms with Crippen LogP contribution in [-0.2, 0) is 6.42 Å². The van der Waals surface area contributed by atoms with Crippen molar-refractivity contribution in [2.75, 3.05) is 6.54 Å². The Balaban J connectivity index is 2.40. The molecule has 0 aliphatic carbocycles. The first-order valence-electron chi connectivity index (χ1n) is 6.45. The van der Waals surface area contributed by atoms with Crippen LogP contribution in [0.3, 0.4) is 0 Å². The van der Waals surface area contributed by atoms with Crippen LogP contribution in [0.2, 0.25) is 0 Å². The van der Waals surface area contributed by atoms with E-state index >= 15 is 0 Å². The van der Waals surface area contributed by atoms with E-state index in [-0.39, 0.29) is 0 Å². The topological polar surface area (TPSA) is 53.2 Å². The summed E-state index contributed by atoms with van der Waals surface area (Å²) >= 11 is 0. The largest absolute Gasteiger partial charge is 0.310 e. The van der Waals surface area contributed by atoms with E-state index in [9.17, 15) is 0 Å². The number of azide groups is 1. The fourth-order valence-electron chi connectivity index (χ4n) is 2.00. The third-order valence-electron chi connectivity index (χ3n) is 2.88. The maximum Gasteiger partial charge on any atom is 0.0998 e. The van der Waals surface area contributed by atoms with Gasteiger partial charge in [0.1, 0.15) is 0 Å². The Labute approximate surface area is 112 Å². The van der Waals surface area contributed by atoms with Crippen LogP contribution in [0, 0.1) is 11.8 Å². The molecule has 0 unspecified atom stereocenters. The summed E-state index contributed by atoms with van der Waals surface area (Å²) in [6.45, 7) is 2.59. The number of fused-ring (bicyclic) bond motifs is 1. The second kappa shape index (κ2) is 6.53. The number of pyridine rings is 1. The molecule has 0 N–H and O–H groups in total. The van der Waals surface area contributed by atoms with Gasteiger partial charge in [-0.15, -0.1) is 0 Å². The summed E-state index contributed by atoms with van der Waals surface area (Å²) in [6, 6.07) is 8.18. The van der Waals surface area contributed by atoms with Crippen LogP contribution in [0.4, 0.5) is 0 Å². The molecule has 4 heteroatoms. The number of hydrogen-bond acceptors (Lipinski definition) is 1. The SMILES string of the molecule is CCCC#Cc1c(CCN=[N+]=[N-])cc2ccccn12. The van der Waals surface area contributed by atoms with Crippen molar-refractivity contribution in [2.45, 2.75) is 26.2 Å². The molecule has 0 amide bonds. The van der Waals surface area contributed by atoms with Crippen molar-refractivity contribution in [1.82, 2.24) is 4.40 Å². The molecule has 0 aromatic carbocycles. The van der Waals surface area contributed by atoms with Crippen LogP contribution < -0.4 is 0 Å². The molecule has 0 atom stereocenters. The number of hydrogen-bond donors (Lipinski definition) is 0. The minimum Gasteiger partial charge on any atom is -0.310 e. The maximum atomic E-state index is 8.35. The number of unbranched alkanes of at least 4 members (excludes halogenated alkanes) is 1. The van der Waals surface area contributed by atoms with Gasteiger partial charge < -0.3 is 4.40 Å². The third kappa shape index (κ3) is 3.09. The van der Waals surface area contributed by atoms with E-state index in [2.05, 4.69) is 45.3 Å². The van der Waals surface area contributed by atoms with Gasteiger partial charge in [-0.3, -0.25) is 0 Å². The van der Waals surface area contributed by atoms with Gasteiger partial charge in [0, 0.05) is 29.6 Å². The van der Waals surface area contributed by atoms with Crippen molar-refractivity contribution < 1.29 is 0 Å². The van der Waals surface area contributed by atoms with Crippen LogP contribution in [0.1, 0.15) is 31.0 Å². The lowest BCUT2D eigenvalue weighted by atomic mass is 10.1. The Hall–Kier alpha value is -2.37. The van der Waals surface area contributed by atoms with Crippen molar-refractivity contribution in [1.29, 1.82) is 0 Å². The van der Waals surface area contributed by atoms with Crippen molar-refractivity contribution in [3.63, 3.8) is 0 Å². The summed E-state index contributed by atoms with van der Waals surface area (Å²) < 4.78 is 2.09. The van der Waals surface area contributed by atoms with Crippen LogP contribution in [0.5, 0.6) is 0 Å². The lowest BCUT2D eigenvalue weighted by Gasteiger charge is -1.98. The molecule has 2 heterocycles. The fraction of sp³-hybridized carbons (Fsp3) is 0.333. The lowest BCUT2D eigenvalue weighted by Crippen LogP contribution is -1.93. The minimum atomic E-state index is 0.468. The van der Waals surface area contributed by atoms with E-state index < -0.39 is 0 Å². The molecule has 0 bridgehead atoms. The second-order valence-corrected chi connectivity index (χ2v) is 4.27. The molecule has 2 aromatic heterocycles. The van der Waals surface area contributed by atoms with Crippen LogP contribution >= 0.6 is 0 Å². The van der Waals surface area contributed by atoms with Gasteiger partial charge in [0.25, 0.3) is 0 Å². The van der Waals surface area contributed by atoms with Gasteiger partial charge in [-0.05, 0) is 48.1 Å². The molecule has 19 heavy (non-hydrogen) atoms. The Morgan fingerprint density at radius 3 is 3.11 bits per heavy atom. The molecule has 0 spiro atoms. The third-order valence-corrected chi connectivity index (χ3v) is 2.88. The van der Waals surface area contributed by atoms with E-state index in [1.807, 2.05) is 18.3 Å². The van der Waals surface area contributed by atoms with Gasteiger partial charge in [0.05, 0.1) is 5.69 Å². The Morgan fingerprint density at radius 1 is 1.42 bits per heavy atom. The molecule has 0 aliphatic rings. The average molecular weight is 252 g/mol. The molecule has 4 nitrogen and oxygen atoms in total. The highest BCUT2D eigenvalue weighted by atomic mass is 15.1. The Bertz CT molecular complexity index is 666. The normalized spacial score (nSPS) is 9.74. The molecule has 2 rings (SSSR count). The first-order valence-corrected chi connectivity index (χ1v) is 6.45.